The van der Waals surface area contributed by atoms with Crippen LogP contribution in [0.4, 0.5) is 0 Å². The van der Waals surface area contributed by atoms with Crippen molar-refractivity contribution in [1.29, 1.82) is 0 Å². The monoisotopic (exact) mass is 306 g/mol. The summed E-state index contributed by atoms with van der Waals surface area (Å²) in [7, 11) is 1.45. The minimum Gasteiger partial charge on any atom is -0.469 e. The van der Waals surface area contributed by atoms with Crippen LogP contribution in [0.1, 0.15) is 18.4 Å². The van der Waals surface area contributed by atoms with E-state index in [4.69, 9.17) is 17.0 Å². The zero-order chi connectivity index (χ0) is 15.1. The van der Waals surface area contributed by atoms with Gasteiger partial charge in [-0.1, -0.05) is 30.3 Å². The summed E-state index contributed by atoms with van der Waals surface area (Å²) < 4.78 is 4.79. The van der Waals surface area contributed by atoms with Crippen LogP contribution in [0.3, 0.4) is 0 Å². The van der Waals surface area contributed by atoms with E-state index in [9.17, 15) is 4.79 Å². The van der Waals surface area contributed by atoms with Crippen molar-refractivity contribution in [2.45, 2.75) is 19.3 Å². The highest BCUT2D eigenvalue weighted by Gasteiger charge is 2.26. The lowest BCUT2D eigenvalue weighted by Crippen LogP contribution is -2.45. The summed E-state index contributed by atoms with van der Waals surface area (Å²) in [5, 5.41) is 4.09. The van der Waals surface area contributed by atoms with E-state index in [0.29, 0.717) is 0 Å². The standard InChI is InChI=1S/C16H22N2O2S/c1-20-15(19)14-8-11-18(12-9-14)16(21)17-10-7-13-5-3-2-4-6-13/h2-6,14H,7-12H2,1H3,(H,17,21). The highest BCUT2D eigenvalue weighted by Crippen LogP contribution is 2.18. The third-order valence-electron chi connectivity index (χ3n) is 3.85. The maximum absolute atomic E-state index is 11.5. The van der Waals surface area contributed by atoms with Crippen molar-refractivity contribution in [3.63, 3.8) is 0 Å². The Hall–Kier alpha value is -1.62. The molecule has 1 aliphatic heterocycles. The Kier molecular flexibility index (Phi) is 5.99. The number of rotatable bonds is 4. The maximum Gasteiger partial charge on any atom is 0.308 e. The molecular formula is C16H22N2O2S. The van der Waals surface area contributed by atoms with Crippen LogP contribution in [-0.4, -0.2) is 42.7 Å². The molecule has 114 valence electrons. The topological polar surface area (TPSA) is 41.6 Å². The molecule has 1 aromatic rings. The van der Waals surface area contributed by atoms with Gasteiger partial charge in [0.05, 0.1) is 13.0 Å². The lowest BCUT2D eigenvalue weighted by Gasteiger charge is -2.32. The third-order valence-corrected chi connectivity index (χ3v) is 4.25. The summed E-state index contributed by atoms with van der Waals surface area (Å²) in [5.74, 6) is -0.0732. The molecule has 1 aromatic carbocycles. The van der Waals surface area contributed by atoms with Gasteiger partial charge in [-0.2, -0.15) is 0 Å². The number of hydrogen-bond donors (Lipinski definition) is 1. The number of esters is 1. The van der Waals surface area contributed by atoms with Crippen LogP contribution in [0, 0.1) is 5.92 Å². The summed E-state index contributed by atoms with van der Waals surface area (Å²) in [6.07, 6.45) is 2.58. The predicted octanol–water partition coefficient (Wildman–Crippen LogP) is 1.99. The van der Waals surface area contributed by atoms with E-state index in [2.05, 4.69) is 22.3 Å². The van der Waals surface area contributed by atoms with Crippen molar-refractivity contribution in [3.8, 4) is 0 Å². The molecule has 0 aliphatic carbocycles. The van der Waals surface area contributed by atoms with Gasteiger partial charge in [0.15, 0.2) is 5.11 Å². The maximum atomic E-state index is 11.5. The average molecular weight is 306 g/mol. The van der Waals surface area contributed by atoms with E-state index >= 15 is 0 Å². The number of carbonyl (C=O) groups excluding carboxylic acids is 1. The molecule has 2 rings (SSSR count). The molecule has 0 atom stereocenters. The molecule has 1 saturated heterocycles. The fourth-order valence-corrected chi connectivity index (χ4v) is 2.84. The summed E-state index contributed by atoms with van der Waals surface area (Å²) in [6, 6.07) is 10.3. The quantitative estimate of drug-likeness (QED) is 0.680. The molecule has 5 heteroatoms. The Morgan fingerprint density at radius 3 is 2.62 bits per heavy atom. The lowest BCUT2D eigenvalue weighted by atomic mass is 9.97. The van der Waals surface area contributed by atoms with Crippen molar-refractivity contribution in [2.75, 3.05) is 26.7 Å². The van der Waals surface area contributed by atoms with Gasteiger partial charge in [-0.25, -0.2) is 0 Å². The van der Waals surface area contributed by atoms with Crippen LogP contribution in [0.5, 0.6) is 0 Å². The molecule has 21 heavy (non-hydrogen) atoms. The second-order valence-corrected chi connectivity index (χ2v) is 5.64. The first-order valence-corrected chi connectivity index (χ1v) is 7.76. The molecule has 0 bridgehead atoms. The molecule has 0 radical (unpaired) electrons. The van der Waals surface area contributed by atoms with Crippen LogP contribution in [0.2, 0.25) is 0 Å². The second kappa shape index (κ2) is 7.98. The fourth-order valence-electron chi connectivity index (χ4n) is 2.56. The van der Waals surface area contributed by atoms with Gasteiger partial charge in [0.2, 0.25) is 0 Å². The number of benzene rings is 1. The highest BCUT2D eigenvalue weighted by atomic mass is 32.1. The molecule has 0 spiro atoms. The van der Waals surface area contributed by atoms with E-state index in [1.807, 2.05) is 18.2 Å². The van der Waals surface area contributed by atoms with Gasteiger partial charge in [0.25, 0.3) is 0 Å². The Morgan fingerprint density at radius 2 is 2.00 bits per heavy atom. The largest absolute Gasteiger partial charge is 0.469 e. The summed E-state index contributed by atoms with van der Waals surface area (Å²) in [5.41, 5.74) is 1.30. The number of ether oxygens (including phenoxy) is 1. The van der Waals surface area contributed by atoms with E-state index in [-0.39, 0.29) is 11.9 Å². The summed E-state index contributed by atoms with van der Waals surface area (Å²) in [4.78, 5) is 13.6. The van der Waals surface area contributed by atoms with Crippen LogP contribution in [-0.2, 0) is 16.0 Å². The molecule has 1 aliphatic rings. The molecular weight excluding hydrogens is 284 g/mol. The molecule has 0 saturated carbocycles. The fraction of sp³-hybridized carbons (Fsp3) is 0.500. The SMILES string of the molecule is COC(=O)C1CCN(C(=S)NCCc2ccccc2)CC1. The molecule has 0 aromatic heterocycles. The number of likely N-dealkylation sites (tertiary alicyclic amines) is 1. The van der Waals surface area contributed by atoms with E-state index < -0.39 is 0 Å². The summed E-state index contributed by atoms with van der Waals surface area (Å²) in [6.45, 7) is 2.47. The zero-order valence-corrected chi connectivity index (χ0v) is 13.2. The van der Waals surface area contributed by atoms with Gasteiger partial charge >= 0.3 is 5.97 Å². The Labute approximate surface area is 131 Å². The summed E-state index contributed by atoms with van der Waals surface area (Å²) >= 11 is 5.42. The molecule has 4 nitrogen and oxygen atoms in total. The number of methoxy groups -OCH3 is 1. The van der Waals surface area contributed by atoms with Crippen LogP contribution in [0.25, 0.3) is 0 Å². The van der Waals surface area contributed by atoms with Crippen LogP contribution >= 0.6 is 12.2 Å². The smallest absolute Gasteiger partial charge is 0.308 e. The van der Waals surface area contributed by atoms with Crippen molar-refractivity contribution in [2.24, 2.45) is 5.92 Å². The van der Waals surface area contributed by atoms with Crippen LogP contribution in [0.15, 0.2) is 30.3 Å². The first-order chi connectivity index (χ1) is 10.2. The lowest BCUT2D eigenvalue weighted by molar-refractivity contribution is -0.146. The minimum atomic E-state index is -0.0994. The van der Waals surface area contributed by atoms with E-state index in [0.717, 1.165) is 44.0 Å². The van der Waals surface area contributed by atoms with Crippen LogP contribution < -0.4 is 5.32 Å². The number of carbonyl (C=O) groups is 1. The number of nitrogens with one attached hydrogen (secondary N) is 1. The Balaban J connectivity index is 1.69. The number of piperidine rings is 1. The third kappa shape index (κ3) is 4.70. The molecule has 0 unspecified atom stereocenters. The van der Waals surface area contributed by atoms with Crippen molar-refractivity contribution >= 4 is 23.3 Å². The van der Waals surface area contributed by atoms with Gasteiger partial charge < -0.3 is 15.0 Å². The molecule has 0 amide bonds. The van der Waals surface area contributed by atoms with Crippen molar-refractivity contribution < 1.29 is 9.53 Å². The van der Waals surface area contributed by atoms with E-state index in [1.165, 1.54) is 12.7 Å². The average Bonchev–Trinajstić information content (AvgIpc) is 2.55. The Bertz CT molecular complexity index is 470. The van der Waals surface area contributed by atoms with Gasteiger partial charge in [0, 0.05) is 19.6 Å². The number of thiocarbonyl (C=S) groups is 1. The van der Waals surface area contributed by atoms with Gasteiger partial charge in [0.1, 0.15) is 0 Å². The Morgan fingerprint density at radius 1 is 1.33 bits per heavy atom. The number of nitrogens with zero attached hydrogens (tertiary/aromatic N) is 1. The normalized spacial score (nSPS) is 15.6. The molecule has 1 N–H and O–H groups in total. The van der Waals surface area contributed by atoms with Crippen molar-refractivity contribution in [1.82, 2.24) is 10.2 Å². The highest BCUT2D eigenvalue weighted by molar-refractivity contribution is 7.80. The molecule has 1 fully saturated rings. The zero-order valence-electron chi connectivity index (χ0n) is 12.4. The first-order valence-electron chi connectivity index (χ1n) is 7.35. The van der Waals surface area contributed by atoms with E-state index in [1.54, 1.807) is 0 Å². The second-order valence-electron chi connectivity index (χ2n) is 5.25. The molecule has 1 heterocycles. The minimum absolute atomic E-state index is 0.0263. The first kappa shape index (κ1) is 15.8. The van der Waals surface area contributed by atoms with Crippen molar-refractivity contribution in [3.05, 3.63) is 35.9 Å². The number of hydrogen-bond acceptors (Lipinski definition) is 3. The van der Waals surface area contributed by atoms with Gasteiger partial charge in [-0.3, -0.25) is 4.79 Å². The predicted molar refractivity (Wildman–Crippen MR) is 87.1 cm³/mol. The van der Waals surface area contributed by atoms with Gasteiger partial charge in [-0.05, 0) is 37.0 Å². The van der Waals surface area contributed by atoms with Gasteiger partial charge in [-0.15, -0.1) is 0 Å².